The highest BCUT2D eigenvalue weighted by atomic mass is 32.1. The topological polar surface area (TPSA) is 81.2 Å². The second kappa shape index (κ2) is 8.17. The van der Waals surface area contributed by atoms with Gasteiger partial charge in [-0.2, -0.15) is 21.9 Å². The molecule has 6 nitrogen and oxygen atoms in total. The molecule has 0 unspecified atom stereocenters. The number of hydrogen-bond donors (Lipinski definition) is 1. The van der Waals surface area contributed by atoms with E-state index in [0.29, 0.717) is 16.7 Å². The van der Waals surface area contributed by atoms with E-state index in [2.05, 4.69) is 14.1 Å². The van der Waals surface area contributed by atoms with Gasteiger partial charge in [0.15, 0.2) is 6.61 Å². The predicted octanol–water partition coefficient (Wildman–Crippen LogP) is 3.91. The zero-order valence-electron chi connectivity index (χ0n) is 14.1. The van der Waals surface area contributed by atoms with Crippen LogP contribution in [0.3, 0.4) is 0 Å². The number of halogens is 3. The summed E-state index contributed by atoms with van der Waals surface area (Å²) < 4.78 is 50.9. The molecule has 0 saturated carbocycles. The zero-order valence-corrected chi connectivity index (χ0v) is 14.9. The maximum Gasteiger partial charge on any atom is 0.416 e. The molecule has 0 aliphatic rings. The minimum absolute atomic E-state index is 0.180. The molecular weight excluding hydrogens is 395 g/mol. The van der Waals surface area contributed by atoms with E-state index in [4.69, 9.17) is 4.74 Å². The van der Waals surface area contributed by atoms with E-state index >= 15 is 0 Å². The average molecular weight is 407 g/mol. The van der Waals surface area contributed by atoms with Crippen molar-refractivity contribution in [2.75, 3.05) is 11.9 Å². The van der Waals surface area contributed by atoms with E-state index in [9.17, 15) is 22.8 Å². The van der Waals surface area contributed by atoms with Gasteiger partial charge in [-0.05, 0) is 35.9 Å². The molecule has 0 radical (unpaired) electrons. The third kappa shape index (κ3) is 4.92. The van der Waals surface area contributed by atoms with Crippen LogP contribution in [0.1, 0.15) is 11.1 Å². The third-order valence-corrected chi connectivity index (χ3v) is 4.07. The SMILES string of the molecule is O=C(COC(=O)C=Cc1cccc(C(F)(F)F)c1)Nc1cccc2nsnc12. The van der Waals surface area contributed by atoms with Gasteiger partial charge in [0.25, 0.3) is 5.91 Å². The van der Waals surface area contributed by atoms with E-state index in [-0.39, 0.29) is 5.56 Å². The molecule has 144 valence electrons. The van der Waals surface area contributed by atoms with E-state index in [1.165, 1.54) is 18.2 Å². The van der Waals surface area contributed by atoms with Crippen LogP contribution in [0.5, 0.6) is 0 Å². The summed E-state index contributed by atoms with van der Waals surface area (Å²) in [5, 5.41) is 2.56. The van der Waals surface area contributed by atoms with Crippen LogP contribution >= 0.6 is 11.7 Å². The summed E-state index contributed by atoms with van der Waals surface area (Å²) in [7, 11) is 0. The second-order valence-corrected chi connectivity index (χ2v) is 6.08. The number of esters is 1. The minimum atomic E-state index is -4.47. The Morgan fingerprint density at radius 1 is 1.14 bits per heavy atom. The van der Waals surface area contributed by atoms with Crippen LogP contribution in [0.15, 0.2) is 48.5 Å². The number of nitrogens with one attached hydrogen (secondary N) is 1. The first-order valence-electron chi connectivity index (χ1n) is 7.86. The van der Waals surface area contributed by atoms with Crippen molar-refractivity contribution >= 4 is 46.4 Å². The van der Waals surface area contributed by atoms with Crippen molar-refractivity contribution < 1.29 is 27.5 Å². The predicted molar refractivity (Wildman–Crippen MR) is 97.5 cm³/mol. The Kier molecular flexibility index (Phi) is 5.69. The lowest BCUT2D eigenvalue weighted by molar-refractivity contribution is -0.142. The fraction of sp³-hybridized carbons (Fsp3) is 0.111. The number of anilines is 1. The van der Waals surface area contributed by atoms with Crippen LogP contribution in [0.4, 0.5) is 18.9 Å². The molecule has 1 N–H and O–H groups in total. The first-order chi connectivity index (χ1) is 13.3. The molecule has 3 aromatic rings. The number of carbonyl (C=O) groups is 2. The Bertz CT molecular complexity index is 1050. The fourth-order valence-corrected chi connectivity index (χ4v) is 2.81. The molecule has 28 heavy (non-hydrogen) atoms. The zero-order chi connectivity index (χ0) is 20.1. The quantitative estimate of drug-likeness (QED) is 0.512. The first kappa shape index (κ1) is 19.5. The average Bonchev–Trinajstić information content (AvgIpc) is 3.14. The Morgan fingerprint density at radius 2 is 1.93 bits per heavy atom. The molecule has 10 heteroatoms. The number of alkyl halides is 3. The molecule has 1 amide bonds. The van der Waals surface area contributed by atoms with Gasteiger partial charge >= 0.3 is 12.1 Å². The van der Waals surface area contributed by atoms with E-state index in [1.54, 1.807) is 18.2 Å². The molecular formula is C18H12F3N3O3S. The molecule has 0 bridgehead atoms. The fourth-order valence-electron chi connectivity index (χ4n) is 2.26. The Hall–Kier alpha value is -3.27. The molecule has 3 rings (SSSR count). The van der Waals surface area contributed by atoms with Crippen LogP contribution in [-0.4, -0.2) is 27.2 Å². The maximum absolute atomic E-state index is 12.7. The number of benzene rings is 2. The van der Waals surface area contributed by atoms with Gasteiger partial charge in [-0.25, -0.2) is 4.79 Å². The van der Waals surface area contributed by atoms with Gasteiger partial charge in [-0.15, -0.1) is 0 Å². The second-order valence-electron chi connectivity index (χ2n) is 5.55. The van der Waals surface area contributed by atoms with Crippen LogP contribution in [0.2, 0.25) is 0 Å². The monoisotopic (exact) mass is 407 g/mol. The van der Waals surface area contributed by atoms with Crippen LogP contribution in [0, 0.1) is 0 Å². The lowest BCUT2D eigenvalue weighted by Crippen LogP contribution is -2.20. The normalized spacial score (nSPS) is 11.7. The number of nitrogens with zero attached hydrogens (tertiary/aromatic N) is 2. The summed E-state index contributed by atoms with van der Waals surface area (Å²) in [5.74, 6) is -1.44. The molecule has 0 aliphatic heterocycles. The Balaban J connectivity index is 1.55. The van der Waals surface area contributed by atoms with Gasteiger partial charge in [0.1, 0.15) is 11.0 Å². The van der Waals surface area contributed by atoms with Crippen molar-refractivity contribution in [2.45, 2.75) is 6.18 Å². The van der Waals surface area contributed by atoms with Gasteiger partial charge in [0, 0.05) is 6.08 Å². The molecule has 0 fully saturated rings. The smallest absolute Gasteiger partial charge is 0.416 e. The summed E-state index contributed by atoms with van der Waals surface area (Å²) in [6, 6.07) is 9.55. The maximum atomic E-state index is 12.7. The first-order valence-corrected chi connectivity index (χ1v) is 8.59. The van der Waals surface area contributed by atoms with Crippen LogP contribution in [-0.2, 0) is 20.5 Å². The highest BCUT2D eigenvalue weighted by Crippen LogP contribution is 2.29. The number of rotatable bonds is 5. The highest BCUT2D eigenvalue weighted by Gasteiger charge is 2.30. The van der Waals surface area contributed by atoms with Crippen molar-refractivity contribution in [1.82, 2.24) is 8.75 Å². The van der Waals surface area contributed by atoms with Gasteiger partial charge in [0.05, 0.1) is 23.0 Å². The molecule has 0 saturated heterocycles. The molecule has 0 spiro atoms. The van der Waals surface area contributed by atoms with Crippen LogP contribution in [0.25, 0.3) is 17.1 Å². The van der Waals surface area contributed by atoms with E-state index in [0.717, 1.165) is 29.9 Å². The minimum Gasteiger partial charge on any atom is -0.452 e. The largest absolute Gasteiger partial charge is 0.452 e. The Morgan fingerprint density at radius 3 is 2.71 bits per heavy atom. The molecule has 0 atom stereocenters. The number of hydrogen-bond acceptors (Lipinski definition) is 6. The van der Waals surface area contributed by atoms with Crippen molar-refractivity contribution in [3.8, 4) is 0 Å². The summed E-state index contributed by atoms with van der Waals surface area (Å²) in [4.78, 5) is 23.6. The highest BCUT2D eigenvalue weighted by molar-refractivity contribution is 7.00. The lowest BCUT2D eigenvalue weighted by Gasteiger charge is -2.07. The van der Waals surface area contributed by atoms with Crippen molar-refractivity contribution in [2.24, 2.45) is 0 Å². The van der Waals surface area contributed by atoms with Gasteiger partial charge in [0.2, 0.25) is 0 Å². The van der Waals surface area contributed by atoms with E-state index < -0.39 is 30.2 Å². The summed E-state index contributed by atoms with van der Waals surface area (Å²) in [6.45, 7) is -0.556. The number of carbonyl (C=O) groups excluding carboxylic acids is 2. The van der Waals surface area contributed by atoms with Crippen molar-refractivity contribution in [1.29, 1.82) is 0 Å². The third-order valence-electron chi connectivity index (χ3n) is 3.53. The van der Waals surface area contributed by atoms with E-state index in [1.807, 2.05) is 0 Å². The molecule has 2 aromatic carbocycles. The van der Waals surface area contributed by atoms with Gasteiger partial charge in [-0.3, -0.25) is 4.79 Å². The molecule has 1 heterocycles. The summed E-state index contributed by atoms with van der Waals surface area (Å²) in [5.41, 5.74) is 0.944. The number of fused-ring (bicyclic) bond motifs is 1. The van der Waals surface area contributed by atoms with Gasteiger partial charge < -0.3 is 10.1 Å². The lowest BCUT2D eigenvalue weighted by atomic mass is 10.1. The van der Waals surface area contributed by atoms with Crippen molar-refractivity contribution in [3.63, 3.8) is 0 Å². The number of aromatic nitrogens is 2. The number of ether oxygens (including phenoxy) is 1. The Labute approximate surface area is 161 Å². The number of amides is 1. The summed E-state index contributed by atoms with van der Waals surface area (Å²) in [6.07, 6.45) is -2.34. The molecule has 1 aromatic heterocycles. The van der Waals surface area contributed by atoms with Crippen LogP contribution < -0.4 is 5.32 Å². The summed E-state index contributed by atoms with van der Waals surface area (Å²) >= 11 is 1.00. The van der Waals surface area contributed by atoms with Crippen molar-refractivity contribution in [3.05, 3.63) is 59.7 Å². The standard InChI is InChI=1S/C18H12F3N3O3S/c19-18(20,21)12-4-1-3-11(9-12)7-8-16(26)27-10-15(25)22-13-5-2-6-14-17(13)24-28-23-14/h1-9H,10H2,(H,22,25). The molecule has 0 aliphatic carbocycles. The van der Waals surface area contributed by atoms with Gasteiger partial charge in [-0.1, -0.05) is 18.2 Å².